The molecule has 2 unspecified atom stereocenters. The number of unbranched alkanes of at least 4 members (excludes halogenated alkanes) is 2. The van der Waals surface area contributed by atoms with E-state index in [9.17, 15) is 15.0 Å². The second kappa shape index (κ2) is 11.8. The number of allylic oxidation sites excluding steroid dienone is 3. The first-order chi connectivity index (χ1) is 13.8. The second-order valence-corrected chi connectivity index (χ2v) is 8.17. The molecule has 1 aromatic rings. The summed E-state index contributed by atoms with van der Waals surface area (Å²) in [5.74, 6) is -0.692. The van der Waals surface area contributed by atoms with Crippen molar-refractivity contribution in [1.29, 1.82) is 0 Å². The van der Waals surface area contributed by atoms with Gasteiger partial charge in [-0.05, 0) is 57.1 Å². The first-order valence-electron chi connectivity index (χ1n) is 10.7. The van der Waals surface area contributed by atoms with Crippen LogP contribution in [0, 0.1) is 13.3 Å². The van der Waals surface area contributed by atoms with Gasteiger partial charge in [-0.3, -0.25) is 0 Å². The van der Waals surface area contributed by atoms with Crippen LogP contribution in [0.2, 0.25) is 0 Å². The Hall–Kier alpha value is -2.27. The lowest BCUT2D eigenvalue weighted by atomic mass is 9.73. The Morgan fingerprint density at radius 3 is 2.63 bits per heavy atom. The Balaban J connectivity index is 0.00000450. The molecule has 1 aliphatic carbocycles. The fourth-order valence-corrected chi connectivity index (χ4v) is 4.24. The third kappa shape index (κ3) is 5.88. The quantitative estimate of drug-likeness (QED) is 0.286. The van der Waals surface area contributed by atoms with Crippen molar-refractivity contribution in [2.45, 2.75) is 65.2 Å². The van der Waals surface area contributed by atoms with Crippen molar-refractivity contribution >= 4 is 5.97 Å². The number of carboxylic acid groups (broad SMARTS) is 1. The zero-order valence-electron chi connectivity index (χ0n) is 19.1. The number of ether oxygens (including phenoxy) is 1. The average molecular weight is 418 g/mol. The van der Waals surface area contributed by atoms with E-state index in [-0.39, 0.29) is 30.6 Å². The fraction of sp³-hybridized carbons (Fsp3) is 0.520. The Kier molecular flexibility index (Phi) is 10.1. The van der Waals surface area contributed by atoms with Crippen LogP contribution in [0.5, 0.6) is 11.5 Å². The highest BCUT2D eigenvalue weighted by Crippen LogP contribution is 2.48. The molecule has 5 heteroatoms. The number of hydrogen-bond acceptors (Lipinski definition) is 3. The molecule has 0 heterocycles. The van der Waals surface area contributed by atoms with Crippen molar-refractivity contribution in [1.82, 2.24) is 0 Å². The minimum Gasteiger partial charge on any atom is -0.507 e. The predicted octanol–water partition coefficient (Wildman–Crippen LogP) is 4.91. The normalized spacial score (nSPS) is 18.3. The minimum atomic E-state index is -1.10. The first kappa shape index (κ1) is 25.8. The van der Waals surface area contributed by atoms with Crippen LogP contribution in [0.3, 0.4) is 0 Å². The number of carbonyl (C=O) groups is 1. The van der Waals surface area contributed by atoms with Crippen LogP contribution >= 0.6 is 0 Å². The van der Waals surface area contributed by atoms with Gasteiger partial charge in [0.15, 0.2) is 0 Å². The average Bonchev–Trinajstić information content (AvgIpc) is 2.65. The molecule has 0 saturated heterocycles. The number of rotatable bonds is 10. The van der Waals surface area contributed by atoms with Gasteiger partial charge in [-0.2, -0.15) is 0 Å². The van der Waals surface area contributed by atoms with Crippen LogP contribution in [0.25, 0.3) is 0 Å². The zero-order valence-corrected chi connectivity index (χ0v) is 19.1. The summed E-state index contributed by atoms with van der Waals surface area (Å²) in [7, 11) is 0. The molecule has 5 nitrogen and oxygen atoms in total. The predicted molar refractivity (Wildman–Crippen MR) is 122 cm³/mol. The summed E-state index contributed by atoms with van der Waals surface area (Å²) in [4.78, 5) is 12.1. The van der Waals surface area contributed by atoms with Crippen molar-refractivity contribution in [3.63, 3.8) is 0 Å². The second-order valence-electron chi connectivity index (χ2n) is 8.17. The molecule has 0 bridgehead atoms. The summed E-state index contributed by atoms with van der Waals surface area (Å²) >= 11 is 0. The highest BCUT2D eigenvalue weighted by Gasteiger charge is 2.33. The molecule has 0 aromatic heterocycles. The van der Waals surface area contributed by atoms with Gasteiger partial charge in [0.05, 0.1) is 0 Å². The monoisotopic (exact) mass is 417 g/mol. The molecule has 30 heavy (non-hydrogen) atoms. The highest BCUT2D eigenvalue weighted by atomic mass is 16.5. The van der Waals surface area contributed by atoms with Crippen LogP contribution < -0.4 is 10.5 Å². The van der Waals surface area contributed by atoms with Crippen LogP contribution in [-0.4, -0.2) is 29.3 Å². The van der Waals surface area contributed by atoms with Gasteiger partial charge in [0.1, 0.15) is 30.2 Å². The lowest BCUT2D eigenvalue weighted by Gasteiger charge is -2.32. The van der Waals surface area contributed by atoms with Gasteiger partial charge >= 0.3 is 5.97 Å². The summed E-state index contributed by atoms with van der Waals surface area (Å²) in [5, 5.41) is 21.1. The lowest BCUT2D eigenvalue weighted by molar-refractivity contribution is -0.370. The Morgan fingerprint density at radius 1 is 1.37 bits per heavy atom. The Bertz CT molecular complexity index is 782. The molecule has 0 fully saturated rings. The van der Waals surface area contributed by atoms with E-state index in [1.165, 1.54) is 5.57 Å². The molecular weight excluding hydrogens is 378 g/mol. The third-order valence-corrected chi connectivity index (χ3v) is 5.76. The summed E-state index contributed by atoms with van der Waals surface area (Å²) in [5.41, 5.74) is 7.32. The summed E-state index contributed by atoms with van der Waals surface area (Å²) in [6, 6.07) is 1.83. The van der Waals surface area contributed by atoms with E-state index in [0.29, 0.717) is 36.4 Å². The topological polar surface area (TPSA) is 94.4 Å². The maximum absolute atomic E-state index is 12.1. The van der Waals surface area contributed by atoms with Crippen molar-refractivity contribution in [2.75, 3.05) is 13.2 Å². The summed E-state index contributed by atoms with van der Waals surface area (Å²) in [6.45, 7) is 11.3. The molecule has 5 N–H and O–H groups in total. The number of aromatic carboxylic acids is 1. The Labute approximate surface area is 181 Å². The van der Waals surface area contributed by atoms with Crippen LogP contribution in [0.1, 0.15) is 80.3 Å². The molecule has 0 spiro atoms. The number of phenols is 1. The maximum Gasteiger partial charge on any atom is 0.339 e. The smallest absolute Gasteiger partial charge is 0.339 e. The number of benzene rings is 1. The van der Waals surface area contributed by atoms with Crippen molar-refractivity contribution in [3.8, 4) is 11.5 Å². The van der Waals surface area contributed by atoms with Gasteiger partial charge < -0.3 is 28.1 Å². The van der Waals surface area contributed by atoms with Crippen LogP contribution in [0.15, 0.2) is 29.9 Å². The molecule has 0 aliphatic heterocycles. The van der Waals surface area contributed by atoms with Gasteiger partial charge in [-0.1, -0.05) is 43.6 Å². The summed E-state index contributed by atoms with van der Waals surface area (Å²) in [6.07, 6.45) is 7.58. The van der Waals surface area contributed by atoms with Crippen molar-refractivity contribution in [3.05, 3.63) is 54.0 Å². The molecule has 2 rings (SSSR count). The number of aromatic hydroxyl groups is 1. The first-order valence-corrected chi connectivity index (χ1v) is 10.7. The standard InChI is InChI=1S/C24H35NO4.CH3/c1-5-6-7-8-17-14-20(29-12-11-25)22(23(26)21(17)24(27)28)19-13-16(4)9-10-18(19)15(2)3;/h13-14,18-19,26H,2,5-12,25H2,1,3-4H3,(H,27,28);1H3/q;-1/p+1. The van der Waals surface area contributed by atoms with E-state index < -0.39 is 5.97 Å². The van der Waals surface area contributed by atoms with Gasteiger partial charge in [0, 0.05) is 11.5 Å². The third-order valence-electron chi connectivity index (χ3n) is 5.76. The molecule has 168 valence electrons. The van der Waals surface area contributed by atoms with E-state index in [4.69, 9.17) is 4.74 Å². The molecule has 2 atom stereocenters. The van der Waals surface area contributed by atoms with E-state index >= 15 is 0 Å². The number of hydrogen-bond donors (Lipinski definition) is 3. The van der Waals surface area contributed by atoms with E-state index in [1.807, 2.05) is 13.0 Å². The SMILES string of the molecule is C=C(C)C1CCC(C)=CC1c1c(OCC[NH3+])cc(CCCCC)c(C(=O)O)c1O.[CH3-]. The minimum absolute atomic E-state index is 0. The van der Waals surface area contributed by atoms with Gasteiger partial charge in [0.2, 0.25) is 0 Å². The van der Waals surface area contributed by atoms with E-state index in [2.05, 4.69) is 32.2 Å². The molecule has 0 saturated carbocycles. The molecule has 1 aromatic carbocycles. The maximum atomic E-state index is 12.1. The summed E-state index contributed by atoms with van der Waals surface area (Å²) < 4.78 is 5.99. The number of aryl methyl sites for hydroxylation is 1. The molecule has 0 radical (unpaired) electrons. The van der Waals surface area contributed by atoms with Gasteiger partial charge in [0.25, 0.3) is 0 Å². The van der Waals surface area contributed by atoms with Crippen molar-refractivity contribution < 1.29 is 25.5 Å². The number of carboxylic acids is 1. The molecule has 0 amide bonds. The van der Waals surface area contributed by atoms with Crippen LogP contribution in [-0.2, 0) is 6.42 Å². The molecular formula is C25H39NO4. The van der Waals surface area contributed by atoms with Gasteiger partial charge in [-0.15, -0.1) is 0 Å². The van der Waals surface area contributed by atoms with Gasteiger partial charge in [-0.25, -0.2) is 4.79 Å². The zero-order chi connectivity index (χ0) is 21.6. The molecule has 1 aliphatic rings. The van der Waals surface area contributed by atoms with E-state index in [1.54, 1.807) is 0 Å². The van der Waals surface area contributed by atoms with E-state index in [0.717, 1.165) is 37.7 Å². The highest BCUT2D eigenvalue weighted by molar-refractivity contribution is 5.94. The largest absolute Gasteiger partial charge is 0.507 e. The number of quaternary nitrogens is 1. The van der Waals surface area contributed by atoms with Crippen molar-refractivity contribution in [2.24, 2.45) is 5.92 Å². The lowest BCUT2D eigenvalue weighted by Crippen LogP contribution is -2.52. The Morgan fingerprint density at radius 2 is 2.07 bits per heavy atom. The van der Waals surface area contributed by atoms with Crippen LogP contribution in [0.4, 0.5) is 0 Å². The fourth-order valence-electron chi connectivity index (χ4n) is 4.24.